The number of rotatable bonds is 6. The minimum atomic E-state index is -3.65. The van der Waals surface area contributed by atoms with Gasteiger partial charge < -0.3 is 4.57 Å². The van der Waals surface area contributed by atoms with Gasteiger partial charge in [0.05, 0.1) is 18.2 Å². The predicted molar refractivity (Wildman–Crippen MR) is 93.1 cm³/mol. The van der Waals surface area contributed by atoms with E-state index in [0.29, 0.717) is 0 Å². The van der Waals surface area contributed by atoms with Gasteiger partial charge in [0.2, 0.25) is 0 Å². The molecule has 0 unspecified atom stereocenters. The molecule has 3 aromatic heterocycles. The van der Waals surface area contributed by atoms with Crippen molar-refractivity contribution in [2.75, 3.05) is 0 Å². The molecule has 0 atom stereocenters. The molecule has 25 heavy (non-hydrogen) atoms. The maximum atomic E-state index is 12.3. The third-order valence-corrected chi connectivity index (χ3v) is 5.03. The summed E-state index contributed by atoms with van der Waals surface area (Å²) in [5.41, 5.74) is 2.46. The van der Waals surface area contributed by atoms with Crippen molar-refractivity contribution in [3.8, 4) is 11.3 Å². The van der Waals surface area contributed by atoms with Crippen LogP contribution in [0.5, 0.6) is 0 Å². The molecule has 9 heteroatoms. The molecule has 0 aromatic carbocycles. The average molecular weight is 360 g/mol. The normalized spacial score (nSPS) is 12.0. The van der Waals surface area contributed by atoms with E-state index in [1.807, 2.05) is 39.2 Å². The maximum absolute atomic E-state index is 12.3. The van der Waals surface area contributed by atoms with Gasteiger partial charge in [-0.15, -0.1) is 0 Å². The molecule has 0 radical (unpaired) electrons. The molecule has 1 N–H and O–H groups in total. The van der Waals surface area contributed by atoms with Crippen LogP contribution in [0.3, 0.4) is 0 Å². The fourth-order valence-electron chi connectivity index (χ4n) is 2.24. The van der Waals surface area contributed by atoms with Crippen LogP contribution in [0, 0.1) is 0 Å². The summed E-state index contributed by atoms with van der Waals surface area (Å²) >= 11 is 0. The maximum Gasteiger partial charge on any atom is 0.259 e. The van der Waals surface area contributed by atoms with E-state index in [-0.39, 0.29) is 17.6 Å². The predicted octanol–water partition coefficient (Wildman–Crippen LogP) is 1.74. The molecule has 0 aliphatic heterocycles. The van der Waals surface area contributed by atoms with Gasteiger partial charge in [0.25, 0.3) is 10.0 Å². The Kier molecular flexibility index (Phi) is 4.69. The van der Waals surface area contributed by atoms with Gasteiger partial charge in [-0.25, -0.2) is 18.1 Å². The summed E-state index contributed by atoms with van der Waals surface area (Å²) in [5, 5.41) is 4.12. The third kappa shape index (κ3) is 3.94. The summed E-state index contributed by atoms with van der Waals surface area (Å²) in [6.07, 6.45) is 8.29. The second-order valence-corrected chi connectivity index (χ2v) is 7.75. The molecule has 0 saturated heterocycles. The Morgan fingerprint density at radius 3 is 2.52 bits per heavy atom. The number of nitrogens with one attached hydrogen (secondary N) is 1. The van der Waals surface area contributed by atoms with Gasteiger partial charge in [-0.3, -0.25) is 9.67 Å². The van der Waals surface area contributed by atoms with Gasteiger partial charge in [-0.1, -0.05) is 6.07 Å². The Bertz CT molecular complexity index is 957. The second kappa shape index (κ2) is 6.77. The smallest absolute Gasteiger partial charge is 0.259 e. The minimum absolute atomic E-state index is 0.0149. The number of sulfonamides is 1. The monoisotopic (exact) mass is 360 g/mol. The molecule has 8 nitrogen and oxygen atoms in total. The van der Waals surface area contributed by atoms with E-state index < -0.39 is 10.0 Å². The van der Waals surface area contributed by atoms with E-state index >= 15 is 0 Å². The minimum Gasteiger partial charge on any atom is -0.334 e. The molecule has 0 fully saturated rings. The van der Waals surface area contributed by atoms with E-state index in [0.717, 1.165) is 16.8 Å². The van der Waals surface area contributed by atoms with Crippen molar-refractivity contribution in [2.24, 2.45) is 7.05 Å². The fourth-order valence-corrected chi connectivity index (χ4v) is 3.20. The van der Waals surface area contributed by atoms with Crippen molar-refractivity contribution < 1.29 is 8.42 Å². The molecular weight excluding hydrogens is 340 g/mol. The Labute approximate surface area is 146 Å². The summed E-state index contributed by atoms with van der Waals surface area (Å²) in [5.74, 6) is 0. The largest absolute Gasteiger partial charge is 0.334 e. The summed E-state index contributed by atoms with van der Waals surface area (Å²) in [6, 6.07) is 3.83. The van der Waals surface area contributed by atoms with Crippen LogP contribution in [0.1, 0.15) is 25.5 Å². The van der Waals surface area contributed by atoms with Crippen molar-refractivity contribution in [1.82, 2.24) is 29.0 Å². The van der Waals surface area contributed by atoms with Gasteiger partial charge in [-0.05, 0) is 25.5 Å². The number of imidazole rings is 1. The second-order valence-electron chi connectivity index (χ2n) is 6.03. The van der Waals surface area contributed by atoms with Crippen molar-refractivity contribution in [3.05, 3.63) is 48.8 Å². The van der Waals surface area contributed by atoms with Crippen LogP contribution < -0.4 is 4.72 Å². The van der Waals surface area contributed by atoms with E-state index in [1.54, 1.807) is 21.6 Å². The standard InChI is InChI=1S/C16H20N6O2S/c1-12(2)22-10-16(18-11-22)25(23,24)20-7-13-4-5-15(17-6-13)14-8-19-21(3)9-14/h4-6,8-12,20H,7H2,1-3H3. The van der Waals surface area contributed by atoms with Crippen molar-refractivity contribution in [1.29, 1.82) is 0 Å². The van der Waals surface area contributed by atoms with Crippen LogP contribution in [-0.4, -0.2) is 32.7 Å². The molecule has 0 spiro atoms. The van der Waals surface area contributed by atoms with Crippen LogP contribution in [0.25, 0.3) is 11.3 Å². The van der Waals surface area contributed by atoms with Crippen LogP contribution in [0.15, 0.2) is 48.3 Å². The van der Waals surface area contributed by atoms with Gasteiger partial charge in [0.1, 0.15) is 0 Å². The van der Waals surface area contributed by atoms with E-state index in [1.165, 1.54) is 12.5 Å². The molecule has 0 aliphatic rings. The third-order valence-electron chi connectivity index (χ3n) is 3.74. The van der Waals surface area contributed by atoms with Crippen molar-refractivity contribution >= 4 is 10.0 Å². The van der Waals surface area contributed by atoms with E-state index in [2.05, 4.69) is 19.8 Å². The zero-order valence-electron chi connectivity index (χ0n) is 14.3. The number of aryl methyl sites for hydroxylation is 1. The average Bonchev–Trinajstić information content (AvgIpc) is 3.23. The number of aromatic nitrogens is 5. The molecule has 0 saturated carbocycles. The number of pyridine rings is 1. The van der Waals surface area contributed by atoms with Crippen LogP contribution in [-0.2, 0) is 23.6 Å². The first-order valence-corrected chi connectivity index (χ1v) is 9.30. The highest BCUT2D eigenvalue weighted by Crippen LogP contribution is 2.16. The Morgan fingerprint density at radius 1 is 1.16 bits per heavy atom. The number of nitrogens with zero attached hydrogens (tertiary/aromatic N) is 5. The number of hydrogen-bond acceptors (Lipinski definition) is 5. The lowest BCUT2D eigenvalue weighted by atomic mass is 10.2. The van der Waals surface area contributed by atoms with Gasteiger partial charge >= 0.3 is 0 Å². The zero-order chi connectivity index (χ0) is 18.0. The van der Waals surface area contributed by atoms with Crippen LogP contribution in [0.2, 0.25) is 0 Å². The summed E-state index contributed by atoms with van der Waals surface area (Å²) < 4.78 is 30.6. The SMILES string of the molecule is CC(C)n1cnc(S(=O)(=O)NCc2ccc(-c3cnn(C)c3)nc2)c1. The highest BCUT2D eigenvalue weighted by atomic mass is 32.2. The van der Waals surface area contributed by atoms with Crippen LogP contribution in [0.4, 0.5) is 0 Å². The quantitative estimate of drug-likeness (QED) is 0.722. The molecule has 3 heterocycles. The first-order valence-electron chi connectivity index (χ1n) is 7.82. The molecule has 132 valence electrons. The lowest BCUT2D eigenvalue weighted by Crippen LogP contribution is -2.23. The van der Waals surface area contributed by atoms with Gasteiger partial charge in [0, 0.05) is 43.8 Å². The molecule has 0 bridgehead atoms. The van der Waals surface area contributed by atoms with Crippen molar-refractivity contribution in [2.45, 2.75) is 31.5 Å². The van der Waals surface area contributed by atoms with Gasteiger partial charge in [-0.2, -0.15) is 5.10 Å². The zero-order valence-corrected chi connectivity index (χ0v) is 15.1. The molecule has 0 aliphatic carbocycles. The molecule has 3 aromatic rings. The summed E-state index contributed by atoms with van der Waals surface area (Å²) in [7, 11) is -1.81. The Hall–Kier alpha value is -2.52. The van der Waals surface area contributed by atoms with Crippen molar-refractivity contribution in [3.63, 3.8) is 0 Å². The summed E-state index contributed by atoms with van der Waals surface area (Å²) in [4.78, 5) is 8.32. The highest BCUT2D eigenvalue weighted by molar-refractivity contribution is 7.89. The molecule has 0 amide bonds. The molecule has 3 rings (SSSR count). The highest BCUT2D eigenvalue weighted by Gasteiger charge is 2.17. The van der Waals surface area contributed by atoms with Crippen LogP contribution >= 0.6 is 0 Å². The Balaban J connectivity index is 1.68. The van der Waals surface area contributed by atoms with E-state index in [4.69, 9.17) is 0 Å². The van der Waals surface area contributed by atoms with Gasteiger partial charge in [0.15, 0.2) is 5.03 Å². The Morgan fingerprint density at radius 2 is 1.96 bits per heavy atom. The first kappa shape index (κ1) is 17.3. The van der Waals surface area contributed by atoms with E-state index in [9.17, 15) is 8.42 Å². The lowest BCUT2D eigenvalue weighted by Gasteiger charge is -2.06. The lowest BCUT2D eigenvalue weighted by molar-refractivity contribution is 0.576. The topological polar surface area (TPSA) is 94.7 Å². The first-order chi connectivity index (χ1) is 11.8. The molecular formula is C16H20N6O2S. The fraction of sp³-hybridized carbons (Fsp3) is 0.312. The number of hydrogen-bond donors (Lipinski definition) is 1. The summed E-state index contributed by atoms with van der Waals surface area (Å²) in [6.45, 7) is 4.07.